The van der Waals surface area contributed by atoms with E-state index >= 15 is 0 Å². The SMILES string of the molecule is Cc1cc(C)c2nc(N(CC[NH+]3CCOCC3)C(=O)c3ccc(C)c(C)c3)sc2c1. The van der Waals surface area contributed by atoms with Gasteiger partial charge in [-0.05, 0) is 68.1 Å². The number of fused-ring (bicyclic) bond motifs is 1. The van der Waals surface area contributed by atoms with Crippen LogP contribution in [0.5, 0.6) is 0 Å². The van der Waals surface area contributed by atoms with Crippen molar-refractivity contribution in [3.8, 4) is 0 Å². The molecule has 0 radical (unpaired) electrons. The summed E-state index contributed by atoms with van der Waals surface area (Å²) in [5, 5.41) is 0.787. The summed E-state index contributed by atoms with van der Waals surface area (Å²) in [6.07, 6.45) is 0. The van der Waals surface area contributed by atoms with Gasteiger partial charge in [-0.1, -0.05) is 23.5 Å². The van der Waals surface area contributed by atoms with E-state index in [1.807, 2.05) is 23.1 Å². The van der Waals surface area contributed by atoms with Gasteiger partial charge in [0.25, 0.3) is 5.91 Å². The molecule has 0 bridgehead atoms. The Hall–Kier alpha value is -2.28. The van der Waals surface area contributed by atoms with Crippen LogP contribution in [0.1, 0.15) is 32.6 Å². The number of quaternary nitrogens is 1. The van der Waals surface area contributed by atoms with Gasteiger partial charge in [-0.3, -0.25) is 9.69 Å². The van der Waals surface area contributed by atoms with Crippen LogP contribution in [0.4, 0.5) is 5.13 Å². The molecule has 30 heavy (non-hydrogen) atoms. The summed E-state index contributed by atoms with van der Waals surface area (Å²) < 4.78 is 6.62. The number of aromatic nitrogens is 1. The molecule has 3 aromatic rings. The molecule has 4 rings (SSSR count). The molecule has 158 valence electrons. The van der Waals surface area contributed by atoms with Gasteiger partial charge in [0.1, 0.15) is 13.1 Å². The zero-order valence-electron chi connectivity index (χ0n) is 18.2. The van der Waals surface area contributed by atoms with E-state index in [1.54, 1.807) is 11.3 Å². The minimum absolute atomic E-state index is 0.0270. The number of carbonyl (C=O) groups excluding carboxylic acids is 1. The molecule has 0 aliphatic carbocycles. The van der Waals surface area contributed by atoms with Crippen LogP contribution in [0, 0.1) is 27.7 Å². The van der Waals surface area contributed by atoms with Gasteiger partial charge < -0.3 is 9.64 Å². The summed E-state index contributed by atoms with van der Waals surface area (Å²) in [7, 11) is 0. The molecular weight excluding hydrogens is 394 g/mol. The first-order valence-corrected chi connectivity index (χ1v) is 11.4. The van der Waals surface area contributed by atoms with Crippen molar-refractivity contribution in [2.45, 2.75) is 27.7 Å². The number of ether oxygens (including phenoxy) is 1. The highest BCUT2D eigenvalue weighted by Crippen LogP contribution is 2.32. The van der Waals surface area contributed by atoms with E-state index in [4.69, 9.17) is 9.72 Å². The standard InChI is InChI=1S/C24H29N3O2S/c1-16-13-19(4)22-21(14-16)30-24(25-22)27(8-7-26-9-11-29-12-10-26)23(28)20-6-5-17(2)18(3)15-20/h5-6,13-15H,7-12H2,1-4H3/p+1. The minimum atomic E-state index is 0.0270. The Morgan fingerprint density at radius 3 is 2.57 bits per heavy atom. The lowest BCUT2D eigenvalue weighted by Crippen LogP contribution is -3.14. The summed E-state index contributed by atoms with van der Waals surface area (Å²) >= 11 is 1.61. The first-order valence-electron chi connectivity index (χ1n) is 10.6. The molecule has 0 spiro atoms. The van der Waals surface area contributed by atoms with Crippen LogP contribution >= 0.6 is 11.3 Å². The van der Waals surface area contributed by atoms with Gasteiger partial charge in [-0.15, -0.1) is 0 Å². The van der Waals surface area contributed by atoms with E-state index in [1.165, 1.54) is 16.0 Å². The smallest absolute Gasteiger partial charge is 0.260 e. The fourth-order valence-corrected chi connectivity index (χ4v) is 5.13. The monoisotopic (exact) mass is 424 g/mol. The van der Waals surface area contributed by atoms with E-state index in [2.05, 4.69) is 39.8 Å². The van der Waals surface area contributed by atoms with Crippen LogP contribution in [-0.2, 0) is 4.74 Å². The van der Waals surface area contributed by atoms with Crippen molar-refractivity contribution in [1.29, 1.82) is 0 Å². The molecule has 1 aliphatic rings. The van der Waals surface area contributed by atoms with Crippen molar-refractivity contribution >= 4 is 32.6 Å². The van der Waals surface area contributed by atoms with E-state index < -0.39 is 0 Å². The van der Waals surface area contributed by atoms with E-state index in [-0.39, 0.29) is 5.91 Å². The number of morpholine rings is 1. The topological polar surface area (TPSA) is 46.9 Å². The highest BCUT2D eigenvalue weighted by Gasteiger charge is 2.24. The van der Waals surface area contributed by atoms with Crippen LogP contribution in [0.2, 0.25) is 0 Å². The Morgan fingerprint density at radius 2 is 1.83 bits per heavy atom. The zero-order valence-corrected chi connectivity index (χ0v) is 19.1. The first-order chi connectivity index (χ1) is 14.4. The van der Waals surface area contributed by atoms with E-state index in [0.29, 0.717) is 6.54 Å². The number of hydrogen-bond donors (Lipinski definition) is 1. The maximum Gasteiger partial charge on any atom is 0.260 e. The second kappa shape index (κ2) is 8.84. The number of aryl methyl sites for hydroxylation is 4. The number of anilines is 1. The molecule has 0 unspecified atom stereocenters. The maximum atomic E-state index is 13.6. The summed E-state index contributed by atoms with van der Waals surface area (Å²) in [5.41, 5.74) is 6.43. The van der Waals surface area contributed by atoms with Crippen LogP contribution in [0.3, 0.4) is 0 Å². The molecular formula is C24H30N3O2S+. The van der Waals surface area contributed by atoms with E-state index in [9.17, 15) is 4.79 Å². The Bertz CT molecular complexity index is 1070. The molecule has 1 saturated heterocycles. The summed E-state index contributed by atoms with van der Waals surface area (Å²) in [6.45, 7) is 13.4. The fraction of sp³-hybridized carbons (Fsp3) is 0.417. The predicted molar refractivity (Wildman–Crippen MR) is 123 cm³/mol. The number of hydrogen-bond acceptors (Lipinski definition) is 4. The third-order valence-electron chi connectivity index (χ3n) is 5.94. The predicted octanol–water partition coefficient (Wildman–Crippen LogP) is 3.09. The number of carbonyl (C=O) groups is 1. The Balaban J connectivity index is 1.68. The normalized spacial score (nSPS) is 14.9. The minimum Gasteiger partial charge on any atom is -0.370 e. The molecule has 1 N–H and O–H groups in total. The third-order valence-corrected chi connectivity index (χ3v) is 6.96. The summed E-state index contributed by atoms with van der Waals surface area (Å²) in [4.78, 5) is 21.8. The van der Waals surface area contributed by atoms with Crippen molar-refractivity contribution in [2.24, 2.45) is 0 Å². The Kier molecular flexibility index (Phi) is 6.18. The molecule has 2 aromatic carbocycles. The van der Waals surface area contributed by atoms with Crippen LogP contribution in [-0.4, -0.2) is 50.3 Å². The summed E-state index contributed by atoms with van der Waals surface area (Å²) in [6, 6.07) is 10.3. The number of amides is 1. The second-order valence-corrected chi connectivity index (χ2v) is 9.30. The summed E-state index contributed by atoms with van der Waals surface area (Å²) in [5.74, 6) is 0.0270. The molecule has 2 heterocycles. The number of benzene rings is 2. The quantitative estimate of drug-likeness (QED) is 0.685. The molecule has 1 amide bonds. The second-order valence-electron chi connectivity index (χ2n) is 8.29. The maximum absolute atomic E-state index is 13.6. The van der Waals surface area contributed by atoms with Crippen molar-refractivity contribution in [3.05, 3.63) is 58.1 Å². The van der Waals surface area contributed by atoms with Crippen LogP contribution < -0.4 is 9.80 Å². The van der Waals surface area contributed by atoms with Gasteiger partial charge in [-0.2, -0.15) is 0 Å². The van der Waals surface area contributed by atoms with E-state index in [0.717, 1.165) is 64.9 Å². The van der Waals surface area contributed by atoms with Crippen LogP contribution in [0.15, 0.2) is 30.3 Å². The number of thiazole rings is 1. The average molecular weight is 425 g/mol. The zero-order chi connectivity index (χ0) is 21.3. The highest BCUT2D eigenvalue weighted by molar-refractivity contribution is 7.22. The van der Waals surface area contributed by atoms with Crippen molar-refractivity contribution < 1.29 is 14.4 Å². The molecule has 1 aliphatic heterocycles. The van der Waals surface area contributed by atoms with Gasteiger partial charge in [0.2, 0.25) is 0 Å². The van der Waals surface area contributed by atoms with Gasteiger partial charge in [-0.25, -0.2) is 4.98 Å². The molecule has 1 fully saturated rings. The van der Waals surface area contributed by atoms with Crippen LogP contribution in [0.25, 0.3) is 10.2 Å². The van der Waals surface area contributed by atoms with Crippen molar-refractivity contribution in [3.63, 3.8) is 0 Å². The molecule has 1 aromatic heterocycles. The third kappa shape index (κ3) is 4.41. The number of rotatable bonds is 5. The lowest BCUT2D eigenvalue weighted by atomic mass is 10.1. The van der Waals surface area contributed by atoms with Gasteiger partial charge >= 0.3 is 0 Å². The lowest BCUT2D eigenvalue weighted by molar-refractivity contribution is -0.906. The lowest BCUT2D eigenvalue weighted by Gasteiger charge is -2.27. The Labute approximate surface area is 182 Å². The van der Waals surface area contributed by atoms with Gasteiger partial charge in [0.05, 0.1) is 36.5 Å². The largest absolute Gasteiger partial charge is 0.370 e. The number of nitrogens with one attached hydrogen (secondary N) is 1. The van der Waals surface area contributed by atoms with Gasteiger partial charge in [0, 0.05) is 5.56 Å². The molecule has 6 heteroatoms. The highest BCUT2D eigenvalue weighted by atomic mass is 32.1. The molecule has 5 nitrogen and oxygen atoms in total. The molecule has 0 saturated carbocycles. The molecule has 0 atom stereocenters. The van der Waals surface area contributed by atoms with Crippen molar-refractivity contribution in [1.82, 2.24) is 4.98 Å². The van der Waals surface area contributed by atoms with Crippen molar-refractivity contribution in [2.75, 3.05) is 44.3 Å². The first kappa shape index (κ1) is 21.0. The van der Waals surface area contributed by atoms with Gasteiger partial charge in [0.15, 0.2) is 5.13 Å². The average Bonchev–Trinajstić information content (AvgIpc) is 3.15. The fourth-order valence-electron chi connectivity index (χ4n) is 3.97. The Morgan fingerprint density at radius 1 is 1.07 bits per heavy atom. The number of nitrogens with zero attached hydrogens (tertiary/aromatic N) is 2.